The first-order valence-corrected chi connectivity index (χ1v) is 7.01. The Bertz CT molecular complexity index is 222. The Labute approximate surface area is 105 Å². The van der Waals surface area contributed by atoms with Crippen LogP contribution in [0.1, 0.15) is 32.1 Å². The summed E-state index contributed by atoms with van der Waals surface area (Å²) in [6, 6.07) is 0. The zero-order chi connectivity index (χ0) is 12.1. The molecule has 0 aromatic carbocycles. The second kappa shape index (κ2) is 6.17. The molecule has 2 saturated carbocycles. The van der Waals surface area contributed by atoms with E-state index in [-0.39, 0.29) is 0 Å². The zero-order valence-corrected chi connectivity index (χ0v) is 11.3. The van der Waals surface area contributed by atoms with Crippen LogP contribution in [0, 0.1) is 17.3 Å². The van der Waals surface area contributed by atoms with Gasteiger partial charge in [-0.25, -0.2) is 0 Å². The molecule has 0 aliphatic heterocycles. The zero-order valence-electron chi connectivity index (χ0n) is 11.3. The SMILES string of the molecule is CNCC1(CCCOCCOC)CC2CC2C1. The van der Waals surface area contributed by atoms with Gasteiger partial charge in [0, 0.05) is 20.3 Å². The maximum Gasteiger partial charge on any atom is 0.0700 e. The molecule has 100 valence electrons. The van der Waals surface area contributed by atoms with E-state index in [1.807, 2.05) is 0 Å². The minimum Gasteiger partial charge on any atom is -0.382 e. The van der Waals surface area contributed by atoms with Crippen LogP contribution in [0.3, 0.4) is 0 Å². The maximum atomic E-state index is 5.55. The monoisotopic (exact) mass is 241 g/mol. The third-order valence-corrected chi connectivity index (χ3v) is 4.44. The molecule has 0 aromatic rings. The topological polar surface area (TPSA) is 30.5 Å². The summed E-state index contributed by atoms with van der Waals surface area (Å²) in [6.07, 6.45) is 6.95. The highest BCUT2D eigenvalue weighted by Gasteiger charge is 2.52. The molecule has 2 aliphatic rings. The number of methoxy groups -OCH3 is 1. The summed E-state index contributed by atoms with van der Waals surface area (Å²) in [5.74, 6) is 2.13. The van der Waals surface area contributed by atoms with Gasteiger partial charge in [0.05, 0.1) is 13.2 Å². The summed E-state index contributed by atoms with van der Waals surface area (Å²) in [7, 11) is 3.80. The normalized spacial score (nSPS) is 34.9. The minimum atomic E-state index is 0.590. The van der Waals surface area contributed by atoms with E-state index >= 15 is 0 Å². The summed E-state index contributed by atoms with van der Waals surface area (Å²) in [5, 5.41) is 3.39. The van der Waals surface area contributed by atoms with Crippen molar-refractivity contribution in [2.75, 3.05) is 40.5 Å². The average Bonchev–Trinajstić information content (AvgIpc) is 2.93. The molecule has 17 heavy (non-hydrogen) atoms. The van der Waals surface area contributed by atoms with Crippen LogP contribution in [-0.4, -0.2) is 40.5 Å². The number of fused-ring (bicyclic) bond motifs is 1. The van der Waals surface area contributed by atoms with Crippen molar-refractivity contribution >= 4 is 0 Å². The fraction of sp³-hybridized carbons (Fsp3) is 1.00. The van der Waals surface area contributed by atoms with Gasteiger partial charge < -0.3 is 14.8 Å². The highest BCUT2D eigenvalue weighted by Crippen LogP contribution is 2.61. The van der Waals surface area contributed by atoms with Gasteiger partial charge in [-0.3, -0.25) is 0 Å². The molecule has 2 fully saturated rings. The second-order valence-electron chi connectivity index (χ2n) is 5.90. The van der Waals surface area contributed by atoms with Gasteiger partial charge in [-0.05, 0) is 56.4 Å². The molecule has 2 atom stereocenters. The smallest absolute Gasteiger partial charge is 0.0700 e. The van der Waals surface area contributed by atoms with Gasteiger partial charge in [0.1, 0.15) is 0 Å². The third kappa shape index (κ3) is 3.67. The summed E-state index contributed by atoms with van der Waals surface area (Å²) >= 11 is 0. The lowest BCUT2D eigenvalue weighted by atomic mass is 9.79. The molecule has 0 amide bonds. The summed E-state index contributed by atoms with van der Waals surface area (Å²) < 4.78 is 10.5. The average molecular weight is 241 g/mol. The lowest BCUT2D eigenvalue weighted by molar-refractivity contribution is 0.0627. The Morgan fingerprint density at radius 3 is 2.59 bits per heavy atom. The van der Waals surface area contributed by atoms with E-state index in [0.717, 1.165) is 25.0 Å². The molecule has 1 N–H and O–H groups in total. The van der Waals surface area contributed by atoms with Crippen LogP contribution in [0.4, 0.5) is 0 Å². The van der Waals surface area contributed by atoms with E-state index in [9.17, 15) is 0 Å². The summed E-state index contributed by atoms with van der Waals surface area (Å²) in [6.45, 7) is 3.54. The van der Waals surface area contributed by atoms with Crippen molar-refractivity contribution in [3.8, 4) is 0 Å². The minimum absolute atomic E-state index is 0.590. The van der Waals surface area contributed by atoms with E-state index in [2.05, 4.69) is 12.4 Å². The Morgan fingerprint density at radius 1 is 1.18 bits per heavy atom. The Morgan fingerprint density at radius 2 is 1.94 bits per heavy atom. The highest BCUT2D eigenvalue weighted by molar-refractivity contribution is 5.03. The lowest BCUT2D eigenvalue weighted by Gasteiger charge is -2.30. The quantitative estimate of drug-likeness (QED) is 0.627. The molecule has 2 rings (SSSR count). The van der Waals surface area contributed by atoms with E-state index in [4.69, 9.17) is 9.47 Å². The van der Waals surface area contributed by atoms with E-state index in [1.54, 1.807) is 7.11 Å². The summed E-state index contributed by atoms with van der Waals surface area (Å²) in [4.78, 5) is 0. The van der Waals surface area contributed by atoms with Crippen molar-refractivity contribution < 1.29 is 9.47 Å². The molecule has 3 heteroatoms. The van der Waals surface area contributed by atoms with Crippen molar-refractivity contribution in [2.45, 2.75) is 32.1 Å². The van der Waals surface area contributed by atoms with Crippen LogP contribution < -0.4 is 5.32 Å². The van der Waals surface area contributed by atoms with Gasteiger partial charge in [0.2, 0.25) is 0 Å². The first-order chi connectivity index (χ1) is 8.29. The number of hydrogen-bond donors (Lipinski definition) is 1. The Kier molecular flexibility index (Phi) is 4.83. The molecule has 0 spiro atoms. The first-order valence-electron chi connectivity index (χ1n) is 7.01. The lowest BCUT2D eigenvalue weighted by Crippen LogP contribution is -2.31. The molecule has 0 radical (unpaired) electrons. The van der Waals surface area contributed by atoms with Gasteiger partial charge in [0.15, 0.2) is 0 Å². The Balaban J connectivity index is 1.61. The van der Waals surface area contributed by atoms with Crippen LogP contribution >= 0.6 is 0 Å². The molecular formula is C14H27NO2. The van der Waals surface area contributed by atoms with Gasteiger partial charge in [-0.1, -0.05) is 0 Å². The van der Waals surface area contributed by atoms with Crippen molar-refractivity contribution in [1.82, 2.24) is 5.32 Å². The van der Waals surface area contributed by atoms with Crippen LogP contribution in [-0.2, 0) is 9.47 Å². The van der Waals surface area contributed by atoms with E-state index in [1.165, 1.54) is 38.6 Å². The van der Waals surface area contributed by atoms with Crippen molar-refractivity contribution in [3.63, 3.8) is 0 Å². The predicted octanol–water partition coefficient (Wildman–Crippen LogP) is 2.07. The standard InChI is InChI=1S/C14H27NO2/c1-15-11-14(9-12-8-13(12)10-14)4-3-5-17-7-6-16-2/h12-13,15H,3-11H2,1-2H3. The number of nitrogens with one attached hydrogen (secondary N) is 1. The molecule has 0 aromatic heterocycles. The van der Waals surface area contributed by atoms with Crippen LogP contribution in [0.5, 0.6) is 0 Å². The van der Waals surface area contributed by atoms with Gasteiger partial charge in [-0.2, -0.15) is 0 Å². The number of rotatable bonds is 9. The highest BCUT2D eigenvalue weighted by atomic mass is 16.5. The molecule has 3 nitrogen and oxygen atoms in total. The fourth-order valence-electron chi connectivity index (χ4n) is 3.61. The fourth-order valence-corrected chi connectivity index (χ4v) is 3.61. The van der Waals surface area contributed by atoms with E-state index < -0.39 is 0 Å². The van der Waals surface area contributed by atoms with Crippen molar-refractivity contribution in [2.24, 2.45) is 17.3 Å². The van der Waals surface area contributed by atoms with Crippen LogP contribution in [0.25, 0.3) is 0 Å². The molecule has 2 unspecified atom stereocenters. The molecule has 2 aliphatic carbocycles. The largest absolute Gasteiger partial charge is 0.382 e. The second-order valence-corrected chi connectivity index (χ2v) is 5.90. The van der Waals surface area contributed by atoms with Crippen LogP contribution in [0.2, 0.25) is 0 Å². The molecule has 0 heterocycles. The Hall–Kier alpha value is -0.120. The van der Waals surface area contributed by atoms with Crippen molar-refractivity contribution in [1.29, 1.82) is 0 Å². The van der Waals surface area contributed by atoms with E-state index in [0.29, 0.717) is 12.0 Å². The molecule has 0 bridgehead atoms. The molecular weight excluding hydrogens is 214 g/mol. The summed E-state index contributed by atoms with van der Waals surface area (Å²) in [5.41, 5.74) is 0.590. The van der Waals surface area contributed by atoms with Crippen molar-refractivity contribution in [3.05, 3.63) is 0 Å². The van der Waals surface area contributed by atoms with Gasteiger partial charge >= 0.3 is 0 Å². The number of hydrogen-bond acceptors (Lipinski definition) is 3. The van der Waals surface area contributed by atoms with Gasteiger partial charge in [0.25, 0.3) is 0 Å². The third-order valence-electron chi connectivity index (χ3n) is 4.44. The number of ether oxygens (including phenoxy) is 2. The van der Waals surface area contributed by atoms with Gasteiger partial charge in [-0.15, -0.1) is 0 Å². The molecule has 0 saturated heterocycles. The predicted molar refractivity (Wildman–Crippen MR) is 69.1 cm³/mol. The van der Waals surface area contributed by atoms with Crippen LogP contribution in [0.15, 0.2) is 0 Å². The maximum absolute atomic E-state index is 5.55. The first kappa shape index (κ1) is 13.3.